The monoisotopic (exact) mass is 448 g/mol. The van der Waals surface area contributed by atoms with Crippen LogP contribution >= 0.6 is 0 Å². The molecule has 0 aromatic heterocycles. The highest BCUT2D eigenvalue weighted by atomic mass is 16.2. The minimum absolute atomic E-state index is 0.0636. The number of imide groups is 2. The van der Waals surface area contributed by atoms with E-state index in [9.17, 15) is 28.8 Å². The molecule has 4 amide bonds. The van der Waals surface area contributed by atoms with Crippen molar-refractivity contribution in [3.63, 3.8) is 0 Å². The third-order valence-electron chi connectivity index (χ3n) is 5.57. The SMILES string of the molecule is [C-]#[N+]C1=C([N+]#[C-])C(=O)C(N2C(=O)c3ccccc3C2=O)=C(N2C(=O)c3ccccc3C2=O)C1=O. The Bertz CT molecular complexity index is 1410. The van der Waals surface area contributed by atoms with E-state index in [1.807, 2.05) is 0 Å². The number of hydrogen-bond donors (Lipinski definition) is 0. The molecule has 2 aromatic rings. The number of nitrogens with zero attached hydrogens (tertiary/aromatic N) is 4. The van der Waals surface area contributed by atoms with Crippen molar-refractivity contribution in [1.29, 1.82) is 0 Å². The molecule has 0 bridgehead atoms. The molecule has 34 heavy (non-hydrogen) atoms. The van der Waals surface area contributed by atoms with Crippen molar-refractivity contribution in [2.75, 3.05) is 0 Å². The summed E-state index contributed by atoms with van der Waals surface area (Å²) in [6, 6.07) is 11.3. The Morgan fingerprint density at radius 1 is 0.500 bits per heavy atom. The molecule has 0 saturated heterocycles. The number of Topliss-reactive ketones (excluding diaryl/α,β-unsaturated/α-hetero) is 2. The maximum Gasteiger partial charge on any atom is 0.266 e. The maximum absolute atomic E-state index is 13.3. The number of rotatable bonds is 2. The van der Waals surface area contributed by atoms with Crippen molar-refractivity contribution < 1.29 is 28.8 Å². The first kappa shape index (κ1) is 20.4. The molecule has 10 nitrogen and oxygen atoms in total. The van der Waals surface area contributed by atoms with Crippen LogP contribution in [0, 0.1) is 13.1 Å². The van der Waals surface area contributed by atoms with Crippen LogP contribution in [0.5, 0.6) is 0 Å². The number of fused-ring (bicyclic) bond motifs is 2. The van der Waals surface area contributed by atoms with Gasteiger partial charge in [-0.15, -0.1) is 0 Å². The molecule has 0 N–H and O–H groups in total. The van der Waals surface area contributed by atoms with E-state index in [-0.39, 0.29) is 22.3 Å². The van der Waals surface area contributed by atoms with E-state index >= 15 is 0 Å². The smallest absolute Gasteiger partial charge is 0.266 e. The Morgan fingerprint density at radius 2 is 0.765 bits per heavy atom. The standard InChI is InChI=1S/C24H8N4O6/c1-25-15-16(26-2)20(30)18(28-23(33)13-9-5-6-10-14(13)24(28)34)17(19(15)29)27-21(31)11-7-3-4-8-12(11)22(27)32/h3-10H. The average molecular weight is 448 g/mol. The summed E-state index contributed by atoms with van der Waals surface area (Å²) >= 11 is 0. The van der Waals surface area contributed by atoms with Crippen molar-refractivity contribution in [2.45, 2.75) is 0 Å². The van der Waals surface area contributed by atoms with Gasteiger partial charge in [-0.2, -0.15) is 0 Å². The number of carbonyl (C=O) groups excluding carboxylic acids is 6. The predicted octanol–water partition coefficient (Wildman–Crippen LogP) is 1.99. The average Bonchev–Trinajstić information content (AvgIpc) is 3.25. The second kappa shape index (κ2) is 7.02. The molecule has 0 unspecified atom stereocenters. The Morgan fingerprint density at radius 3 is 1.00 bits per heavy atom. The maximum atomic E-state index is 13.3. The van der Waals surface area contributed by atoms with Crippen LogP contribution in [0.4, 0.5) is 0 Å². The molecule has 0 saturated carbocycles. The fourth-order valence-corrected chi connectivity index (χ4v) is 4.06. The first-order chi connectivity index (χ1) is 16.3. The summed E-state index contributed by atoms with van der Waals surface area (Å²) in [4.78, 5) is 85.8. The van der Waals surface area contributed by atoms with E-state index in [1.54, 1.807) is 0 Å². The number of ketones is 2. The molecular weight excluding hydrogens is 440 g/mol. The van der Waals surface area contributed by atoms with E-state index in [2.05, 4.69) is 9.69 Å². The molecule has 1 aliphatic carbocycles. The van der Waals surface area contributed by atoms with E-state index in [0.29, 0.717) is 9.80 Å². The van der Waals surface area contributed by atoms with Crippen LogP contribution in [0.2, 0.25) is 0 Å². The first-order valence-corrected chi connectivity index (χ1v) is 9.62. The van der Waals surface area contributed by atoms with Gasteiger partial charge in [-0.25, -0.2) is 19.5 Å². The number of carbonyl (C=O) groups is 6. The van der Waals surface area contributed by atoms with Crippen molar-refractivity contribution in [3.05, 3.63) is 116 Å². The van der Waals surface area contributed by atoms with Gasteiger partial charge in [0.1, 0.15) is 11.4 Å². The molecule has 2 aliphatic heterocycles. The zero-order valence-corrected chi connectivity index (χ0v) is 16.9. The Hall–Kier alpha value is -5.48. The zero-order valence-electron chi connectivity index (χ0n) is 16.9. The fourth-order valence-electron chi connectivity index (χ4n) is 4.06. The van der Waals surface area contributed by atoms with Gasteiger partial charge in [-0.3, -0.25) is 19.2 Å². The van der Waals surface area contributed by atoms with Crippen molar-refractivity contribution in [3.8, 4) is 0 Å². The largest absolute Gasteiger partial charge is 0.302 e. The van der Waals surface area contributed by atoms with Crippen LogP contribution in [0.15, 0.2) is 71.3 Å². The van der Waals surface area contributed by atoms with E-state index < -0.39 is 58.0 Å². The molecular formula is C24H8N4O6. The van der Waals surface area contributed by atoms with Gasteiger partial charge in [0.05, 0.1) is 35.4 Å². The van der Waals surface area contributed by atoms with Gasteiger partial charge in [0.15, 0.2) is 0 Å². The van der Waals surface area contributed by atoms with Crippen LogP contribution in [-0.2, 0) is 9.59 Å². The van der Waals surface area contributed by atoms with E-state index in [0.717, 1.165) is 0 Å². The molecule has 0 atom stereocenters. The van der Waals surface area contributed by atoms with Crippen molar-refractivity contribution >= 4 is 35.2 Å². The van der Waals surface area contributed by atoms with Crippen LogP contribution < -0.4 is 0 Å². The highest BCUT2D eigenvalue weighted by Gasteiger charge is 2.51. The molecule has 0 spiro atoms. The molecule has 10 heteroatoms. The minimum Gasteiger partial charge on any atom is -0.302 e. The van der Waals surface area contributed by atoms with Crippen LogP contribution in [0.3, 0.4) is 0 Å². The van der Waals surface area contributed by atoms with Crippen LogP contribution in [0.25, 0.3) is 9.69 Å². The fraction of sp³-hybridized carbons (Fsp3) is 0. The quantitative estimate of drug-likeness (QED) is 0.394. The molecule has 3 aliphatic rings. The van der Waals surface area contributed by atoms with Gasteiger partial charge in [-0.1, -0.05) is 24.3 Å². The second-order valence-electron chi connectivity index (χ2n) is 7.26. The van der Waals surface area contributed by atoms with E-state index in [4.69, 9.17) is 13.1 Å². The van der Waals surface area contributed by atoms with Crippen molar-refractivity contribution in [2.24, 2.45) is 0 Å². The summed E-state index contributed by atoms with van der Waals surface area (Å²) < 4.78 is 0. The number of hydrogen-bond acceptors (Lipinski definition) is 6. The Labute approximate surface area is 190 Å². The summed E-state index contributed by atoms with van der Waals surface area (Å²) in [5.74, 6) is -6.46. The van der Waals surface area contributed by atoms with Gasteiger partial charge in [0, 0.05) is 0 Å². The second-order valence-corrected chi connectivity index (χ2v) is 7.26. The summed E-state index contributed by atoms with van der Waals surface area (Å²) in [6.07, 6.45) is 0. The molecule has 5 rings (SSSR count). The lowest BCUT2D eigenvalue weighted by Gasteiger charge is -2.28. The molecule has 2 heterocycles. The Balaban J connectivity index is 1.80. The van der Waals surface area contributed by atoms with Crippen LogP contribution in [0.1, 0.15) is 41.4 Å². The summed E-state index contributed by atoms with van der Waals surface area (Å²) in [5.41, 5.74) is -3.90. The third kappa shape index (κ3) is 2.42. The lowest BCUT2D eigenvalue weighted by atomic mass is 9.97. The van der Waals surface area contributed by atoms with Gasteiger partial charge >= 0.3 is 0 Å². The molecule has 2 aromatic carbocycles. The number of benzene rings is 2. The minimum atomic E-state index is -1.29. The number of amides is 4. The van der Waals surface area contributed by atoms with Gasteiger partial charge in [0.25, 0.3) is 23.6 Å². The first-order valence-electron chi connectivity index (χ1n) is 9.62. The van der Waals surface area contributed by atoms with E-state index in [1.165, 1.54) is 48.5 Å². The molecule has 160 valence electrons. The van der Waals surface area contributed by atoms with Gasteiger partial charge < -0.3 is 9.59 Å². The zero-order chi connectivity index (χ0) is 24.3. The third-order valence-corrected chi connectivity index (χ3v) is 5.57. The van der Waals surface area contributed by atoms with Crippen molar-refractivity contribution in [1.82, 2.24) is 9.80 Å². The highest BCUT2D eigenvalue weighted by molar-refractivity contribution is 6.35. The topological polar surface area (TPSA) is 118 Å². The van der Waals surface area contributed by atoms with Gasteiger partial charge in [-0.05, 0) is 24.3 Å². The summed E-state index contributed by atoms with van der Waals surface area (Å²) in [6.45, 7) is 14.6. The molecule has 0 fully saturated rings. The lowest BCUT2D eigenvalue weighted by molar-refractivity contribution is -0.117. The normalized spacial score (nSPS) is 17.4. The predicted molar refractivity (Wildman–Crippen MR) is 111 cm³/mol. The lowest BCUT2D eigenvalue weighted by Crippen LogP contribution is -2.44. The summed E-state index contributed by atoms with van der Waals surface area (Å²) in [5, 5.41) is 0. The van der Waals surface area contributed by atoms with Gasteiger partial charge in [0.2, 0.25) is 23.0 Å². The summed E-state index contributed by atoms with van der Waals surface area (Å²) in [7, 11) is 0. The van der Waals surface area contributed by atoms with Crippen LogP contribution in [-0.4, -0.2) is 45.0 Å². The highest BCUT2D eigenvalue weighted by Crippen LogP contribution is 2.38. The Kier molecular flexibility index (Phi) is 4.22. The molecule has 0 radical (unpaired) electrons.